The van der Waals surface area contributed by atoms with Crippen molar-refractivity contribution in [1.82, 2.24) is 0 Å². The first-order chi connectivity index (χ1) is 11.6. The quantitative estimate of drug-likeness (QED) is 0.438. The van der Waals surface area contributed by atoms with Crippen LogP contribution in [0.2, 0.25) is 0 Å². The van der Waals surface area contributed by atoms with Crippen molar-refractivity contribution < 1.29 is 9.47 Å². The second-order valence-corrected chi connectivity index (χ2v) is 5.80. The number of para-hydroxylation sites is 1. The third-order valence-corrected chi connectivity index (χ3v) is 3.05. The highest BCUT2D eigenvalue weighted by molar-refractivity contribution is 5.92. The molecule has 5 heteroatoms. The fourth-order valence-electron chi connectivity index (χ4n) is 2.00. The number of guanidine groups is 1. The number of ether oxygens (including phenoxy) is 2. The number of hydrogen-bond donors (Lipinski definition) is 2. The summed E-state index contributed by atoms with van der Waals surface area (Å²) in [6.45, 7) is 6.07. The fraction of sp³-hybridized carbons (Fsp3) is 0.316. The van der Waals surface area contributed by atoms with Gasteiger partial charge in [0.1, 0.15) is 11.5 Å². The summed E-state index contributed by atoms with van der Waals surface area (Å²) in [6, 6.07) is 17.2. The summed E-state index contributed by atoms with van der Waals surface area (Å²) in [5.74, 6) is 2.41. The van der Waals surface area contributed by atoms with Gasteiger partial charge in [-0.15, -0.1) is 0 Å². The summed E-state index contributed by atoms with van der Waals surface area (Å²) in [7, 11) is 0. The minimum Gasteiger partial charge on any atom is -0.457 e. The van der Waals surface area contributed by atoms with Crippen LogP contribution in [0.25, 0.3) is 0 Å². The first-order valence-corrected chi connectivity index (χ1v) is 8.11. The molecule has 3 N–H and O–H groups in total. The smallest absolute Gasteiger partial charge is 0.193 e. The minimum absolute atomic E-state index is 0.361. The molecular weight excluding hydrogens is 302 g/mol. The van der Waals surface area contributed by atoms with Crippen molar-refractivity contribution in [1.29, 1.82) is 0 Å². The number of nitrogens with one attached hydrogen (secondary N) is 1. The fourth-order valence-corrected chi connectivity index (χ4v) is 2.00. The molecule has 0 bridgehead atoms. The number of aliphatic imine (C=N–C) groups is 1. The lowest BCUT2D eigenvalue weighted by molar-refractivity contribution is 0.117. The van der Waals surface area contributed by atoms with Crippen LogP contribution in [0, 0.1) is 5.92 Å². The van der Waals surface area contributed by atoms with Gasteiger partial charge in [-0.2, -0.15) is 0 Å². The lowest BCUT2D eigenvalue weighted by Crippen LogP contribution is -2.23. The molecule has 0 saturated heterocycles. The van der Waals surface area contributed by atoms with E-state index in [-0.39, 0.29) is 0 Å². The zero-order valence-corrected chi connectivity index (χ0v) is 14.2. The van der Waals surface area contributed by atoms with Crippen molar-refractivity contribution in [3.05, 3.63) is 54.6 Å². The van der Waals surface area contributed by atoms with E-state index in [0.29, 0.717) is 25.0 Å². The van der Waals surface area contributed by atoms with Crippen molar-refractivity contribution in [2.75, 3.05) is 25.1 Å². The van der Waals surface area contributed by atoms with Gasteiger partial charge in [-0.3, -0.25) is 4.99 Å². The lowest BCUT2D eigenvalue weighted by Gasteiger charge is -2.09. The Bertz CT molecular complexity index is 642. The standard InChI is InChI=1S/C19H25N3O2/c1-15(2)14-23-12-11-21-19(20)22-16-7-6-10-18(13-16)24-17-8-4-3-5-9-17/h3-10,13,15H,11-12,14H2,1-2H3,(H3,20,21,22). The average molecular weight is 327 g/mol. The highest BCUT2D eigenvalue weighted by atomic mass is 16.5. The van der Waals surface area contributed by atoms with Crippen molar-refractivity contribution in [3.8, 4) is 11.5 Å². The van der Waals surface area contributed by atoms with E-state index < -0.39 is 0 Å². The summed E-state index contributed by atoms with van der Waals surface area (Å²) in [6.07, 6.45) is 0. The van der Waals surface area contributed by atoms with Crippen LogP contribution in [-0.4, -0.2) is 25.7 Å². The van der Waals surface area contributed by atoms with Crippen LogP contribution in [0.15, 0.2) is 59.6 Å². The highest BCUT2D eigenvalue weighted by Crippen LogP contribution is 2.23. The number of hydrogen-bond acceptors (Lipinski definition) is 3. The lowest BCUT2D eigenvalue weighted by atomic mass is 10.2. The molecule has 128 valence electrons. The predicted octanol–water partition coefficient (Wildman–Crippen LogP) is 3.88. The van der Waals surface area contributed by atoms with E-state index in [1.54, 1.807) is 0 Å². The Kier molecular flexibility index (Phi) is 7.11. The Balaban J connectivity index is 1.84. The molecular formula is C19H25N3O2. The van der Waals surface area contributed by atoms with E-state index >= 15 is 0 Å². The second-order valence-electron chi connectivity index (χ2n) is 5.80. The molecule has 0 unspecified atom stereocenters. The number of nitrogens with zero attached hydrogens (tertiary/aromatic N) is 1. The maximum absolute atomic E-state index is 5.89. The zero-order chi connectivity index (χ0) is 17.2. The molecule has 2 aromatic carbocycles. The van der Waals surface area contributed by atoms with Gasteiger partial charge in [0.15, 0.2) is 5.96 Å². The molecule has 0 atom stereocenters. The molecule has 0 spiro atoms. The van der Waals surface area contributed by atoms with E-state index in [2.05, 4.69) is 24.2 Å². The van der Waals surface area contributed by atoms with Crippen molar-refractivity contribution in [3.63, 3.8) is 0 Å². The molecule has 0 radical (unpaired) electrons. The number of nitrogens with two attached hydrogens (primary N) is 1. The first kappa shape index (κ1) is 17.8. The monoisotopic (exact) mass is 327 g/mol. The number of rotatable bonds is 8. The van der Waals surface area contributed by atoms with Gasteiger partial charge in [-0.05, 0) is 30.2 Å². The largest absolute Gasteiger partial charge is 0.457 e. The van der Waals surface area contributed by atoms with E-state index in [1.807, 2.05) is 54.6 Å². The third kappa shape index (κ3) is 6.71. The van der Waals surface area contributed by atoms with Crippen LogP contribution in [0.1, 0.15) is 13.8 Å². The van der Waals surface area contributed by atoms with Gasteiger partial charge >= 0.3 is 0 Å². The van der Waals surface area contributed by atoms with Crippen LogP contribution in [0.5, 0.6) is 11.5 Å². The van der Waals surface area contributed by atoms with Gasteiger partial charge < -0.3 is 20.5 Å². The maximum atomic E-state index is 5.89. The second kappa shape index (κ2) is 9.57. The molecule has 24 heavy (non-hydrogen) atoms. The Morgan fingerprint density at radius 3 is 2.58 bits per heavy atom. The van der Waals surface area contributed by atoms with E-state index in [9.17, 15) is 0 Å². The van der Waals surface area contributed by atoms with Crippen LogP contribution in [0.3, 0.4) is 0 Å². The molecule has 0 saturated carbocycles. The Hall–Kier alpha value is -2.53. The molecule has 0 aromatic heterocycles. The minimum atomic E-state index is 0.361. The number of benzene rings is 2. The molecule has 0 aliphatic rings. The molecule has 2 aromatic rings. The van der Waals surface area contributed by atoms with Crippen LogP contribution >= 0.6 is 0 Å². The predicted molar refractivity (Wildman–Crippen MR) is 98.7 cm³/mol. The SMILES string of the molecule is CC(C)COCCN=C(N)Nc1cccc(Oc2ccccc2)c1. The van der Waals surface area contributed by atoms with Crippen molar-refractivity contribution in [2.24, 2.45) is 16.6 Å². The van der Waals surface area contributed by atoms with Crippen LogP contribution in [0.4, 0.5) is 5.69 Å². The van der Waals surface area contributed by atoms with Gasteiger partial charge in [0, 0.05) is 18.4 Å². The van der Waals surface area contributed by atoms with E-state index in [0.717, 1.165) is 23.8 Å². The van der Waals surface area contributed by atoms with Gasteiger partial charge in [-0.25, -0.2) is 0 Å². The van der Waals surface area contributed by atoms with Gasteiger partial charge in [0.05, 0.1) is 13.2 Å². The number of anilines is 1. The van der Waals surface area contributed by atoms with E-state index in [1.165, 1.54) is 0 Å². The third-order valence-electron chi connectivity index (χ3n) is 3.05. The summed E-state index contributed by atoms with van der Waals surface area (Å²) < 4.78 is 11.3. The summed E-state index contributed by atoms with van der Waals surface area (Å²) in [4.78, 5) is 4.25. The molecule has 5 nitrogen and oxygen atoms in total. The normalized spacial score (nSPS) is 11.5. The van der Waals surface area contributed by atoms with Gasteiger partial charge in [-0.1, -0.05) is 38.1 Å². The topological polar surface area (TPSA) is 68.9 Å². The molecule has 0 aliphatic carbocycles. The summed E-state index contributed by atoms with van der Waals surface area (Å²) in [5, 5.41) is 3.06. The Labute approximate surface area is 143 Å². The highest BCUT2D eigenvalue weighted by Gasteiger charge is 2.00. The average Bonchev–Trinajstić information content (AvgIpc) is 2.55. The van der Waals surface area contributed by atoms with Crippen molar-refractivity contribution >= 4 is 11.6 Å². The van der Waals surface area contributed by atoms with E-state index in [4.69, 9.17) is 15.2 Å². The molecule has 0 heterocycles. The molecule has 2 rings (SSSR count). The molecule has 0 fully saturated rings. The summed E-state index contributed by atoms with van der Waals surface area (Å²) in [5.41, 5.74) is 6.72. The van der Waals surface area contributed by atoms with Crippen molar-refractivity contribution in [2.45, 2.75) is 13.8 Å². The maximum Gasteiger partial charge on any atom is 0.193 e. The first-order valence-electron chi connectivity index (χ1n) is 8.11. The summed E-state index contributed by atoms with van der Waals surface area (Å²) >= 11 is 0. The molecule has 0 amide bonds. The van der Waals surface area contributed by atoms with Crippen LogP contribution in [-0.2, 0) is 4.74 Å². The zero-order valence-electron chi connectivity index (χ0n) is 14.2. The molecule has 0 aliphatic heterocycles. The van der Waals surface area contributed by atoms with Gasteiger partial charge in [0.25, 0.3) is 0 Å². The van der Waals surface area contributed by atoms with Crippen LogP contribution < -0.4 is 15.8 Å². The Morgan fingerprint density at radius 2 is 1.83 bits per heavy atom. The Morgan fingerprint density at radius 1 is 1.08 bits per heavy atom. The van der Waals surface area contributed by atoms with Gasteiger partial charge in [0.2, 0.25) is 0 Å².